The molecule has 0 spiro atoms. The van der Waals surface area contributed by atoms with E-state index in [2.05, 4.69) is 29.6 Å². The van der Waals surface area contributed by atoms with Crippen LogP contribution in [-0.4, -0.2) is 33.4 Å². The largest absolute Gasteiger partial charge is 0.381 e. The Morgan fingerprint density at radius 2 is 1.95 bits per heavy atom. The Labute approximate surface area is 116 Å². The number of nitrogens with one attached hydrogen (secondary N) is 1. The Bertz CT molecular complexity index is 362. The first kappa shape index (κ1) is 14.5. The van der Waals surface area contributed by atoms with E-state index in [1.165, 1.54) is 11.1 Å². The highest BCUT2D eigenvalue weighted by molar-refractivity contribution is 5.26. The van der Waals surface area contributed by atoms with Gasteiger partial charge in [-0.3, -0.25) is 0 Å². The first-order valence-electron chi connectivity index (χ1n) is 7.27. The van der Waals surface area contributed by atoms with Crippen molar-refractivity contribution in [1.82, 2.24) is 5.32 Å². The molecule has 0 bridgehead atoms. The van der Waals surface area contributed by atoms with Gasteiger partial charge in [0.15, 0.2) is 0 Å². The average Bonchev–Trinajstić information content (AvgIpc) is 2.47. The summed E-state index contributed by atoms with van der Waals surface area (Å²) in [4.78, 5) is 0. The molecule has 0 radical (unpaired) electrons. The lowest BCUT2D eigenvalue weighted by Gasteiger charge is -2.22. The van der Waals surface area contributed by atoms with Gasteiger partial charge in [0, 0.05) is 13.2 Å². The van der Waals surface area contributed by atoms with Crippen molar-refractivity contribution < 1.29 is 9.47 Å². The summed E-state index contributed by atoms with van der Waals surface area (Å²) in [6.07, 6.45) is 3.34. The Hall–Kier alpha value is -0.900. The van der Waals surface area contributed by atoms with Crippen LogP contribution in [0.15, 0.2) is 24.3 Å². The van der Waals surface area contributed by atoms with Gasteiger partial charge >= 0.3 is 0 Å². The minimum Gasteiger partial charge on any atom is -0.381 e. The summed E-state index contributed by atoms with van der Waals surface area (Å²) in [7, 11) is 1.99. The maximum Gasteiger partial charge on any atom is 0.0719 e. The van der Waals surface area contributed by atoms with E-state index < -0.39 is 0 Å². The topological polar surface area (TPSA) is 30.5 Å². The second-order valence-electron chi connectivity index (χ2n) is 5.19. The third-order valence-corrected chi connectivity index (χ3v) is 3.71. The molecular weight excluding hydrogens is 238 g/mol. The predicted octanol–water partition coefficient (Wildman–Crippen LogP) is 2.39. The number of benzene rings is 1. The van der Waals surface area contributed by atoms with Crippen molar-refractivity contribution >= 4 is 0 Å². The monoisotopic (exact) mass is 263 g/mol. The molecule has 1 saturated heterocycles. The lowest BCUT2D eigenvalue weighted by atomic mass is 10.0. The lowest BCUT2D eigenvalue weighted by Crippen LogP contribution is -2.20. The van der Waals surface area contributed by atoms with Gasteiger partial charge in [-0.25, -0.2) is 0 Å². The van der Waals surface area contributed by atoms with Gasteiger partial charge in [-0.15, -0.1) is 0 Å². The van der Waals surface area contributed by atoms with E-state index >= 15 is 0 Å². The first-order chi connectivity index (χ1) is 9.40. The zero-order chi connectivity index (χ0) is 13.3. The fraction of sp³-hybridized carbons (Fsp3) is 0.625. The van der Waals surface area contributed by atoms with Crippen LogP contribution in [0.3, 0.4) is 0 Å². The van der Waals surface area contributed by atoms with Gasteiger partial charge in [0.2, 0.25) is 0 Å². The maximum atomic E-state index is 5.90. The van der Waals surface area contributed by atoms with Crippen molar-refractivity contribution in [3.05, 3.63) is 35.4 Å². The standard InChI is InChI=1S/C16H25NO2/c1-17-9-6-15-4-2-3-5-16(15)13-19-12-14-7-10-18-11-8-14/h2-5,14,17H,6-13H2,1H3. The molecule has 3 heteroatoms. The van der Waals surface area contributed by atoms with Crippen LogP contribution in [0.1, 0.15) is 24.0 Å². The van der Waals surface area contributed by atoms with E-state index in [-0.39, 0.29) is 0 Å². The summed E-state index contributed by atoms with van der Waals surface area (Å²) in [6, 6.07) is 8.57. The number of likely N-dealkylation sites (N-methyl/N-ethyl adjacent to an activating group) is 1. The lowest BCUT2D eigenvalue weighted by molar-refractivity contribution is 0.0156. The van der Waals surface area contributed by atoms with Crippen LogP contribution in [0.25, 0.3) is 0 Å². The van der Waals surface area contributed by atoms with Gasteiger partial charge < -0.3 is 14.8 Å². The van der Waals surface area contributed by atoms with E-state index in [0.717, 1.165) is 52.2 Å². The maximum absolute atomic E-state index is 5.90. The number of hydrogen-bond acceptors (Lipinski definition) is 3. The highest BCUT2D eigenvalue weighted by atomic mass is 16.5. The molecule has 0 saturated carbocycles. The third kappa shape index (κ3) is 4.94. The molecular formula is C16H25NO2. The highest BCUT2D eigenvalue weighted by Gasteiger charge is 2.13. The van der Waals surface area contributed by atoms with E-state index in [0.29, 0.717) is 5.92 Å². The van der Waals surface area contributed by atoms with E-state index in [1.54, 1.807) is 0 Å². The number of rotatable bonds is 7. The zero-order valence-electron chi connectivity index (χ0n) is 11.9. The minimum absolute atomic E-state index is 0.679. The molecule has 1 N–H and O–H groups in total. The van der Waals surface area contributed by atoms with Crippen LogP contribution < -0.4 is 5.32 Å². The summed E-state index contributed by atoms with van der Waals surface area (Å²) in [5, 5.41) is 3.20. The molecule has 1 heterocycles. The SMILES string of the molecule is CNCCc1ccccc1COCC1CCOCC1. The molecule has 1 aromatic carbocycles. The van der Waals surface area contributed by atoms with Crippen LogP contribution >= 0.6 is 0 Å². The van der Waals surface area contributed by atoms with Gasteiger partial charge in [-0.1, -0.05) is 24.3 Å². The molecule has 0 amide bonds. The van der Waals surface area contributed by atoms with Gasteiger partial charge in [0.1, 0.15) is 0 Å². The molecule has 0 aromatic heterocycles. The van der Waals surface area contributed by atoms with Crippen molar-refractivity contribution in [2.75, 3.05) is 33.4 Å². The van der Waals surface area contributed by atoms with Crippen LogP contribution in [-0.2, 0) is 22.5 Å². The molecule has 1 aliphatic heterocycles. The van der Waals surface area contributed by atoms with E-state index in [1.807, 2.05) is 7.05 Å². The van der Waals surface area contributed by atoms with Crippen molar-refractivity contribution in [3.63, 3.8) is 0 Å². The van der Waals surface area contributed by atoms with Crippen LogP contribution in [0.5, 0.6) is 0 Å². The molecule has 2 rings (SSSR count). The third-order valence-electron chi connectivity index (χ3n) is 3.71. The average molecular weight is 263 g/mol. The molecule has 19 heavy (non-hydrogen) atoms. The van der Waals surface area contributed by atoms with E-state index in [9.17, 15) is 0 Å². The van der Waals surface area contributed by atoms with Crippen LogP contribution in [0.2, 0.25) is 0 Å². The van der Waals surface area contributed by atoms with Gasteiger partial charge in [-0.2, -0.15) is 0 Å². The van der Waals surface area contributed by atoms with E-state index in [4.69, 9.17) is 9.47 Å². The molecule has 106 valence electrons. The number of ether oxygens (including phenoxy) is 2. The van der Waals surface area contributed by atoms with Crippen LogP contribution in [0, 0.1) is 5.92 Å². The Morgan fingerprint density at radius 3 is 2.68 bits per heavy atom. The van der Waals surface area contributed by atoms with Crippen molar-refractivity contribution in [3.8, 4) is 0 Å². The normalized spacial score (nSPS) is 16.7. The second kappa shape index (κ2) is 8.31. The molecule has 1 aliphatic rings. The molecule has 0 aliphatic carbocycles. The smallest absolute Gasteiger partial charge is 0.0719 e. The summed E-state index contributed by atoms with van der Waals surface area (Å²) < 4.78 is 11.3. The summed E-state index contributed by atoms with van der Waals surface area (Å²) in [5.74, 6) is 0.679. The van der Waals surface area contributed by atoms with Gasteiger partial charge in [0.25, 0.3) is 0 Å². The fourth-order valence-corrected chi connectivity index (χ4v) is 2.45. The molecule has 0 unspecified atom stereocenters. The van der Waals surface area contributed by atoms with Crippen molar-refractivity contribution in [2.24, 2.45) is 5.92 Å². The summed E-state index contributed by atoms with van der Waals surface area (Å²) in [5.41, 5.74) is 2.72. The Balaban J connectivity index is 1.77. The van der Waals surface area contributed by atoms with Gasteiger partial charge in [-0.05, 0) is 49.9 Å². The zero-order valence-corrected chi connectivity index (χ0v) is 11.9. The molecule has 1 fully saturated rings. The number of hydrogen-bond donors (Lipinski definition) is 1. The van der Waals surface area contributed by atoms with Crippen molar-refractivity contribution in [2.45, 2.75) is 25.9 Å². The summed E-state index contributed by atoms with van der Waals surface area (Å²) >= 11 is 0. The molecule has 3 nitrogen and oxygen atoms in total. The first-order valence-corrected chi connectivity index (χ1v) is 7.27. The van der Waals surface area contributed by atoms with Gasteiger partial charge in [0.05, 0.1) is 13.2 Å². The Morgan fingerprint density at radius 1 is 1.21 bits per heavy atom. The van der Waals surface area contributed by atoms with Crippen LogP contribution in [0.4, 0.5) is 0 Å². The predicted molar refractivity (Wildman–Crippen MR) is 77.3 cm³/mol. The summed E-state index contributed by atoms with van der Waals surface area (Å²) in [6.45, 7) is 4.40. The molecule has 0 atom stereocenters. The fourth-order valence-electron chi connectivity index (χ4n) is 2.45. The highest BCUT2D eigenvalue weighted by Crippen LogP contribution is 2.16. The molecule has 1 aromatic rings. The Kier molecular flexibility index (Phi) is 6.34. The second-order valence-corrected chi connectivity index (χ2v) is 5.19. The quantitative estimate of drug-likeness (QED) is 0.819. The minimum atomic E-state index is 0.679. The van der Waals surface area contributed by atoms with Crippen molar-refractivity contribution in [1.29, 1.82) is 0 Å².